The van der Waals surface area contributed by atoms with Crippen molar-refractivity contribution >= 4 is 11.6 Å². The van der Waals surface area contributed by atoms with Gasteiger partial charge in [-0.25, -0.2) is 0 Å². The Balaban J connectivity index is 1.50. The Kier molecular flexibility index (Phi) is 5.11. The minimum atomic E-state index is -0.144. The van der Waals surface area contributed by atoms with E-state index in [1.807, 2.05) is 45.0 Å². The van der Waals surface area contributed by atoms with Crippen LogP contribution in [0.5, 0.6) is 0 Å². The van der Waals surface area contributed by atoms with Crippen molar-refractivity contribution in [3.63, 3.8) is 0 Å². The van der Waals surface area contributed by atoms with Crippen LogP contribution in [0.3, 0.4) is 0 Å². The molecule has 0 saturated heterocycles. The lowest BCUT2D eigenvalue weighted by molar-refractivity contribution is -0.116. The molecule has 0 atom stereocenters. The fourth-order valence-electron chi connectivity index (χ4n) is 2.36. The van der Waals surface area contributed by atoms with Gasteiger partial charge in [-0.15, -0.1) is 10.2 Å². The van der Waals surface area contributed by atoms with Gasteiger partial charge < -0.3 is 9.84 Å². The van der Waals surface area contributed by atoms with Crippen molar-refractivity contribution in [2.75, 3.05) is 5.32 Å². The van der Waals surface area contributed by atoms with Crippen LogP contribution in [0.2, 0.25) is 0 Å². The molecule has 2 aromatic heterocycles. The highest BCUT2D eigenvalue weighted by Gasteiger charge is 2.20. The molecule has 0 spiro atoms. The third-order valence-electron chi connectivity index (χ3n) is 3.78. The first-order valence-corrected chi connectivity index (χ1v) is 8.50. The van der Waals surface area contributed by atoms with Gasteiger partial charge >= 0.3 is 0 Å². The molecular formula is C18H22N6O2. The van der Waals surface area contributed by atoms with Crippen LogP contribution in [0.4, 0.5) is 5.69 Å². The molecule has 8 nitrogen and oxygen atoms in total. The van der Waals surface area contributed by atoms with Crippen LogP contribution in [-0.4, -0.2) is 30.8 Å². The molecule has 0 aliphatic heterocycles. The smallest absolute Gasteiger partial charge is 0.226 e. The number of hydrogen-bond donors (Lipinski definition) is 1. The first kappa shape index (κ1) is 17.8. The van der Waals surface area contributed by atoms with Gasteiger partial charge in [0.05, 0.1) is 5.69 Å². The van der Waals surface area contributed by atoms with Crippen LogP contribution in [0.15, 0.2) is 41.4 Å². The number of rotatable bonds is 6. The summed E-state index contributed by atoms with van der Waals surface area (Å²) < 4.78 is 7.02. The lowest BCUT2D eigenvalue weighted by atomic mass is 9.96. The molecular weight excluding hydrogens is 332 g/mol. The molecule has 2 heterocycles. The van der Waals surface area contributed by atoms with E-state index in [2.05, 4.69) is 25.7 Å². The van der Waals surface area contributed by atoms with Crippen molar-refractivity contribution in [3.8, 4) is 5.69 Å². The van der Waals surface area contributed by atoms with Crippen LogP contribution < -0.4 is 5.32 Å². The third-order valence-corrected chi connectivity index (χ3v) is 3.78. The van der Waals surface area contributed by atoms with Crippen molar-refractivity contribution < 1.29 is 9.32 Å². The number of carbonyl (C=O) groups is 1. The zero-order chi connectivity index (χ0) is 18.6. The Labute approximate surface area is 151 Å². The monoisotopic (exact) mass is 354 g/mol. The van der Waals surface area contributed by atoms with Crippen LogP contribution in [0, 0.1) is 0 Å². The lowest BCUT2D eigenvalue weighted by Gasteiger charge is -2.10. The van der Waals surface area contributed by atoms with Crippen molar-refractivity contribution in [2.45, 2.75) is 45.4 Å². The van der Waals surface area contributed by atoms with Gasteiger partial charge in [-0.1, -0.05) is 32.0 Å². The molecule has 26 heavy (non-hydrogen) atoms. The molecule has 0 unspecified atom stereocenters. The molecule has 0 bridgehead atoms. The first-order chi connectivity index (χ1) is 12.4. The van der Waals surface area contributed by atoms with Crippen molar-refractivity contribution in [3.05, 3.63) is 48.6 Å². The summed E-state index contributed by atoms with van der Waals surface area (Å²) in [5, 5.41) is 14.4. The van der Waals surface area contributed by atoms with Crippen LogP contribution in [-0.2, 0) is 16.6 Å². The van der Waals surface area contributed by atoms with E-state index in [1.165, 1.54) is 0 Å². The number of aryl methyl sites for hydroxylation is 1. The molecule has 0 aliphatic carbocycles. The van der Waals surface area contributed by atoms with Gasteiger partial charge in [0.15, 0.2) is 5.82 Å². The Morgan fingerprint density at radius 2 is 2.00 bits per heavy atom. The van der Waals surface area contributed by atoms with Crippen molar-refractivity contribution in [1.82, 2.24) is 24.9 Å². The molecule has 0 fully saturated rings. The molecule has 1 N–H and O–H groups in total. The van der Waals surface area contributed by atoms with Crippen molar-refractivity contribution in [1.29, 1.82) is 0 Å². The molecule has 3 rings (SSSR count). The first-order valence-electron chi connectivity index (χ1n) is 8.50. The Bertz CT molecular complexity index is 864. The van der Waals surface area contributed by atoms with Gasteiger partial charge in [0.2, 0.25) is 11.8 Å². The van der Waals surface area contributed by atoms with Gasteiger partial charge in [-0.3, -0.25) is 9.36 Å². The number of amides is 1. The number of hydrogen-bond acceptors (Lipinski definition) is 6. The predicted octanol–water partition coefficient (Wildman–Crippen LogP) is 2.91. The number of carbonyl (C=O) groups excluding carboxylic acids is 1. The molecule has 3 aromatic rings. The minimum absolute atomic E-state index is 0.0542. The van der Waals surface area contributed by atoms with E-state index in [1.54, 1.807) is 17.2 Å². The molecule has 1 aromatic carbocycles. The summed E-state index contributed by atoms with van der Waals surface area (Å²) in [6.07, 6.45) is 4.82. The summed E-state index contributed by atoms with van der Waals surface area (Å²) in [6.45, 7) is 6.09. The van der Waals surface area contributed by atoms with Gasteiger partial charge in [-0.2, -0.15) is 4.98 Å². The van der Waals surface area contributed by atoms with Crippen LogP contribution >= 0.6 is 0 Å². The highest BCUT2D eigenvalue weighted by molar-refractivity contribution is 5.90. The van der Waals surface area contributed by atoms with Gasteiger partial charge in [0.1, 0.15) is 12.7 Å². The zero-order valence-corrected chi connectivity index (χ0v) is 15.1. The van der Waals surface area contributed by atoms with Gasteiger partial charge in [0.25, 0.3) is 0 Å². The highest BCUT2D eigenvalue weighted by Crippen LogP contribution is 2.19. The summed E-state index contributed by atoms with van der Waals surface area (Å²) in [5.74, 6) is 1.20. The fraction of sp³-hybridized carbons (Fsp3) is 0.389. The standard InChI is InChI=1S/C18H22N6O2/c1-18(2,3)17-22-16(26-23-17)9-5-8-15(25)21-13-6-4-7-14(10-13)24-11-19-20-12-24/h4,6-7,10-12H,5,8-9H2,1-3H3,(H,21,25). The molecule has 1 amide bonds. The number of nitrogens with zero attached hydrogens (tertiary/aromatic N) is 5. The Morgan fingerprint density at radius 3 is 2.69 bits per heavy atom. The maximum Gasteiger partial charge on any atom is 0.226 e. The summed E-state index contributed by atoms with van der Waals surface area (Å²) in [5.41, 5.74) is 1.47. The lowest BCUT2D eigenvalue weighted by Crippen LogP contribution is -2.13. The average molecular weight is 354 g/mol. The van der Waals surface area contributed by atoms with E-state index in [9.17, 15) is 4.79 Å². The van der Waals surface area contributed by atoms with Crippen LogP contribution in [0.1, 0.15) is 45.3 Å². The molecule has 0 saturated carbocycles. The zero-order valence-electron chi connectivity index (χ0n) is 15.1. The van der Waals surface area contributed by atoms with Gasteiger partial charge in [-0.05, 0) is 24.6 Å². The molecule has 136 valence electrons. The number of aromatic nitrogens is 5. The second kappa shape index (κ2) is 7.47. The van der Waals surface area contributed by atoms with E-state index >= 15 is 0 Å². The second-order valence-electron chi connectivity index (χ2n) is 7.08. The van der Waals surface area contributed by atoms with E-state index in [4.69, 9.17) is 4.52 Å². The number of benzene rings is 1. The molecule has 0 aliphatic rings. The van der Waals surface area contributed by atoms with Crippen LogP contribution in [0.25, 0.3) is 5.69 Å². The van der Waals surface area contributed by atoms with E-state index in [-0.39, 0.29) is 11.3 Å². The predicted molar refractivity (Wildman–Crippen MR) is 95.9 cm³/mol. The molecule has 8 heteroatoms. The topological polar surface area (TPSA) is 98.7 Å². The summed E-state index contributed by atoms with van der Waals surface area (Å²) >= 11 is 0. The van der Waals surface area contributed by atoms with E-state index in [0.29, 0.717) is 31.0 Å². The SMILES string of the molecule is CC(C)(C)c1noc(CCCC(=O)Nc2cccc(-n3cnnc3)c2)n1. The molecule has 0 radical (unpaired) electrons. The van der Waals surface area contributed by atoms with E-state index in [0.717, 1.165) is 11.4 Å². The number of anilines is 1. The normalized spacial score (nSPS) is 11.5. The maximum absolute atomic E-state index is 12.2. The van der Waals surface area contributed by atoms with Gasteiger partial charge in [0, 0.05) is 23.9 Å². The largest absolute Gasteiger partial charge is 0.339 e. The Hall–Kier alpha value is -3.03. The highest BCUT2D eigenvalue weighted by atomic mass is 16.5. The Morgan fingerprint density at radius 1 is 1.23 bits per heavy atom. The van der Waals surface area contributed by atoms with E-state index < -0.39 is 0 Å². The minimum Gasteiger partial charge on any atom is -0.339 e. The maximum atomic E-state index is 12.2. The fourth-order valence-corrected chi connectivity index (χ4v) is 2.36. The average Bonchev–Trinajstić information content (AvgIpc) is 3.26. The van der Waals surface area contributed by atoms with Crippen molar-refractivity contribution in [2.24, 2.45) is 0 Å². The second-order valence-corrected chi connectivity index (χ2v) is 7.08. The summed E-state index contributed by atoms with van der Waals surface area (Å²) in [4.78, 5) is 16.5. The third kappa shape index (κ3) is 4.53. The quantitative estimate of drug-likeness (QED) is 0.731. The summed E-state index contributed by atoms with van der Waals surface area (Å²) in [7, 11) is 0. The number of nitrogens with one attached hydrogen (secondary N) is 1. The summed E-state index contributed by atoms with van der Waals surface area (Å²) in [6, 6.07) is 7.51.